The Morgan fingerprint density at radius 2 is 1.80 bits per heavy atom. The topological polar surface area (TPSA) is 83.6 Å². The highest BCUT2D eigenvalue weighted by molar-refractivity contribution is 8.14. The van der Waals surface area contributed by atoms with Crippen LogP contribution in [0.2, 0.25) is 0 Å². The van der Waals surface area contributed by atoms with E-state index in [1.54, 1.807) is 0 Å². The molecule has 5 heteroatoms. The van der Waals surface area contributed by atoms with Crippen LogP contribution in [0.15, 0.2) is 29.5 Å². The number of phenolic OH excluding ortho intramolecular Hbond substituents is 2. The summed E-state index contributed by atoms with van der Waals surface area (Å²) >= 11 is 1.41. The van der Waals surface area contributed by atoms with Gasteiger partial charge in [-0.2, -0.15) is 0 Å². The highest BCUT2D eigenvalue weighted by atomic mass is 32.2. The van der Waals surface area contributed by atoms with Gasteiger partial charge in [0.2, 0.25) is 0 Å². The van der Waals surface area contributed by atoms with E-state index in [-0.39, 0.29) is 38.6 Å². The van der Waals surface area contributed by atoms with Gasteiger partial charge in [-0.3, -0.25) is 4.79 Å². The SMILES string of the molecule is CC/C=C(\C)N.Cc1c(O)c(O)cc2c1C(SC(=O)C(C)C)C=C1C2(C)CCC2C3CC(C)CCC3(C)CCC12C. The van der Waals surface area contributed by atoms with Gasteiger partial charge < -0.3 is 15.9 Å². The monoisotopic (exact) mass is 581 g/mol. The van der Waals surface area contributed by atoms with Gasteiger partial charge in [-0.05, 0) is 110 Å². The average Bonchev–Trinajstić information content (AvgIpc) is 2.89. The third-order valence-electron chi connectivity index (χ3n) is 11.5. The molecule has 0 saturated heterocycles. The summed E-state index contributed by atoms with van der Waals surface area (Å²) in [6, 6.07) is 1.82. The van der Waals surface area contributed by atoms with Crippen LogP contribution in [-0.4, -0.2) is 15.3 Å². The fourth-order valence-corrected chi connectivity index (χ4v) is 10.1. The zero-order valence-corrected chi connectivity index (χ0v) is 27.9. The van der Waals surface area contributed by atoms with E-state index in [2.05, 4.69) is 40.7 Å². The molecule has 41 heavy (non-hydrogen) atoms. The third kappa shape index (κ3) is 5.61. The number of aromatic hydroxyl groups is 2. The molecule has 0 bridgehead atoms. The van der Waals surface area contributed by atoms with E-state index in [4.69, 9.17) is 5.73 Å². The third-order valence-corrected chi connectivity index (χ3v) is 12.8. The summed E-state index contributed by atoms with van der Waals surface area (Å²) in [6.45, 7) is 19.7. The van der Waals surface area contributed by atoms with E-state index in [1.165, 1.54) is 55.9 Å². The minimum Gasteiger partial charge on any atom is -0.504 e. The molecule has 4 nitrogen and oxygen atoms in total. The lowest BCUT2D eigenvalue weighted by atomic mass is 9.41. The van der Waals surface area contributed by atoms with Gasteiger partial charge in [0.05, 0.1) is 5.25 Å². The maximum atomic E-state index is 13.0. The molecule has 4 N–H and O–H groups in total. The van der Waals surface area contributed by atoms with Crippen molar-refractivity contribution in [3.8, 4) is 11.5 Å². The van der Waals surface area contributed by atoms with E-state index in [9.17, 15) is 15.0 Å². The minimum absolute atomic E-state index is 0.0349. The largest absolute Gasteiger partial charge is 0.504 e. The Hall–Kier alpha value is -1.88. The molecule has 0 heterocycles. The lowest BCUT2D eigenvalue weighted by Gasteiger charge is -2.64. The fraction of sp³-hybridized carbons (Fsp3) is 0.694. The predicted octanol–water partition coefficient (Wildman–Crippen LogP) is 9.47. The summed E-state index contributed by atoms with van der Waals surface area (Å²) < 4.78 is 0. The van der Waals surface area contributed by atoms with Crippen LogP contribution >= 0.6 is 11.8 Å². The van der Waals surface area contributed by atoms with Gasteiger partial charge >= 0.3 is 0 Å². The standard InChI is InChI=1S/C31H44O3S.C5H11N/c1-17(2)28(34)35-24-16-25-30(6,22-15-23(32)27(33)19(4)26(22)24)11-9-20-21-14-18(3)8-10-29(21,5)12-13-31(20,25)7;1-3-4-5(2)6/h15-18,20-21,24,32-33H,8-14H2,1-7H3;4H,3,6H2,1-2H3/b;5-4+. The van der Waals surface area contributed by atoms with Crippen molar-refractivity contribution in [1.82, 2.24) is 0 Å². The van der Waals surface area contributed by atoms with E-state index in [0.717, 1.165) is 47.1 Å². The summed E-state index contributed by atoms with van der Waals surface area (Å²) in [5.41, 5.74) is 10.9. The number of hydrogen-bond acceptors (Lipinski definition) is 5. The van der Waals surface area contributed by atoms with Crippen molar-refractivity contribution < 1.29 is 15.0 Å². The summed E-state index contributed by atoms with van der Waals surface area (Å²) in [4.78, 5) is 13.0. The lowest BCUT2D eigenvalue weighted by molar-refractivity contribution is -0.113. The first-order chi connectivity index (χ1) is 19.1. The van der Waals surface area contributed by atoms with E-state index in [1.807, 2.05) is 39.8 Å². The number of thioether (sulfide) groups is 1. The number of hydrogen-bond donors (Lipinski definition) is 3. The van der Waals surface area contributed by atoms with Crippen LogP contribution in [0.5, 0.6) is 11.5 Å². The van der Waals surface area contributed by atoms with Crippen molar-refractivity contribution in [2.24, 2.45) is 40.2 Å². The summed E-state index contributed by atoms with van der Waals surface area (Å²) in [7, 11) is 0. The number of carbonyl (C=O) groups is 1. The smallest absolute Gasteiger partial charge is 0.192 e. The molecule has 3 fully saturated rings. The van der Waals surface area contributed by atoms with Gasteiger partial charge in [-0.1, -0.05) is 84.4 Å². The van der Waals surface area contributed by atoms with Crippen molar-refractivity contribution in [3.05, 3.63) is 46.2 Å². The van der Waals surface area contributed by atoms with Gasteiger partial charge in [0.1, 0.15) is 0 Å². The molecule has 0 amide bonds. The summed E-state index contributed by atoms with van der Waals surface area (Å²) in [5.74, 6) is 2.11. The van der Waals surface area contributed by atoms with E-state index in [0.29, 0.717) is 11.3 Å². The normalized spacial score (nSPS) is 36.1. The molecular weight excluding hydrogens is 526 g/mol. The number of benzene rings is 1. The molecule has 1 aromatic rings. The summed E-state index contributed by atoms with van der Waals surface area (Å²) in [5, 5.41) is 21.4. The average molecular weight is 582 g/mol. The van der Waals surface area contributed by atoms with Crippen molar-refractivity contribution in [1.29, 1.82) is 0 Å². The van der Waals surface area contributed by atoms with E-state index >= 15 is 0 Å². The molecule has 228 valence electrons. The molecule has 1 aromatic carbocycles. The minimum atomic E-state index is -0.178. The molecule has 4 aliphatic rings. The Morgan fingerprint density at radius 1 is 1.12 bits per heavy atom. The zero-order valence-electron chi connectivity index (χ0n) is 27.1. The lowest BCUT2D eigenvalue weighted by Crippen LogP contribution is -2.55. The van der Waals surface area contributed by atoms with Crippen LogP contribution in [-0.2, 0) is 10.2 Å². The number of nitrogens with two attached hydrogens (primary N) is 1. The molecule has 0 aliphatic heterocycles. The number of rotatable bonds is 3. The van der Waals surface area contributed by atoms with Crippen LogP contribution in [0.3, 0.4) is 0 Å². The molecule has 3 saturated carbocycles. The highest BCUT2D eigenvalue weighted by Gasteiger charge is 2.60. The Morgan fingerprint density at radius 3 is 2.39 bits per heavy atom. The maximum Gasteiger partial charge on any atom is 0.192 e. The number of carbonyl (C=O) groups excluding carboxylic acids is 1. The van der Waals surface area contributed by atoms with Gasteiger partial charge in [0.25, 0.3) is 0 Å². The molecule has 0 spiro atoms. The van der Waals surface area contributed by atoms with Crippen LogP contribution < -0.4 is 5.73 Å². The molecule has 7 unspecified atom stereocenters. The zero-order chi connectivity index (χ0) is 30.5. The number of allylic oxidation sites excluding steroid dienone is 3. The first kappa shape index (κ1) is 32.0. The first-order valence-corrected chi connectivity index (χ1v) is 16.9. The van der Waals surface area contributed by atoms with Crippen molar-refractivity contribution in [3.63, 3.8) is 0 Å². The number of fused-ring (bicyclic) bond motifs is 7. The van der Waals surface area contributed by atoms with Gasteiger partial charge in [0, 0.05) is 17.0 Å². The van der Waals surface area contributed by atoms with Crippen LogP contribution in [0.1, 0.15) is 129 Å². The Kier molecular flexibility index (Phi) is 9.11. The Balaban J connectivity index is 0.000000585. The van der Waals surface area contributed by atoms with Crippen LogP contribution in [0, 0.1) is 41.4 Å². The number of phenols is 2. The fourth-order valence-electron chi connectivity index (χ4n) is 8.99. The molecule has 7 atom stereocenters. The Labute approximate surface area is 253 Å². The second kappa shape index (κ2) is 11.7. The van der Waals surface area contributed by atoms with Crippen molar-refractivity contribution in [2.75, 3.05) is 0 Å². The maximum absolute atomic E-state index is 13.0. The quantitative estimate of drug-likeness (QED) is 0.245. The van der Waals surface area contributed by atoms with Crippen LogP contribution in [0.4, 0.5) is 0 Å². The second-order valence-corrected chi connectivity index (χ2v) is 16.0. The van der Waals surface area contributed by atoms with Gasteiger partial charge in [0.15, 0.2) is 16.6 Å². The van der Waals surface area contributed by atoms with Crippen molar-refractivity contribution >= 4 is 16.9 Å². The van der Waals surface area contributed by atoms with Gasteiger partial charge in [-0.25, -0.2) is 0 Å². The first-order valence-electron chi connectivity index (χ1n) is 16.0. The van der Waals surface area contributed by atoms with E-state index < -0.39 is 0 Å². The highest BCUT2D eigenvalue weighted by Crippen LogP contribution is 2.69. The molecular formula is C36H55NO3S. The van der Waals surface area contributed by atoms with Crippen LogP contribution in [0.25, 0.3) is 0 Å². The summed E-state index contributed by atoms with van der Waals surface area (Å²) in [6.07, 6.45) is 14.3. The van der Waals surface area contributed by atoms with Crippen molar-refractivity contribution in [2.45, 2.75) is 124 Å². The molecule has 0 radical (unpaired) electrons. The predicted molar refractivity (Wildman–Crippen MR) is 173 cm³/mol. The van der Waals surface area contributed by atoms with Gasteiger partial charge in [-0.15, -0.1) is 0 Å². The Bertz CT molecular complexity index is 1230. The molecule has 4 aliphatic carbocycles. The molecule has 5 rings (SSSR count). The second-order valence-electron chi connectivity index (χ2n) is 14.8. The molecule has 0 aromatic heterocycles.